The van der Waals surface area contributed by atoms with E-state index >= 15 is 0 Å². The minimum Gasteiger partial charge on any atom is -0.324 e. The van der Waals surface area contributed by atoms with Crippen molar-refractivity contribution in [3.8, 4) is 11.4 Å². The quantitative estimate of drug-likeness (QED) is 0.547. The number of ketones is 1. The van der Waals surface area contributed by atoms with Crippen LogP contribution >= 0.6 is 0 Å². The molecule has 7 heteroatoms. The lowest BCUT2D eigenvalue weighted by atomic mass is 9.80. The molecule has 3 heterocycles. The molecule has 3 N–H and O–H groups in total. The number of nitrogens with two attached hydrogens (primary N) is 1. The SMILES string of the molecule is CC[C@H]1C(=O)CCc2c1cc1n(c2=O)Cc2cc3c(NC(=O)CN)cccc3nc2-1. The van der Waals surface area contributed by atoms with Gasteiger partial charge in [0.05, 0.1) is 35.7 Å². The number of pyridine rings is 2. The second kappa shape index (κ2) is 6.88. The third-order valence-electron chi connectivity index (χ3n) is 6.20. The normalized spacial score (nSPS) is 16.9. The van der Waals surface area contributed by atoms with E-state index in [1.54, 1.807) is 4.57 Å². The van der Waals surface area contributed by atoms with Gasteiger partial charge in [0, 0.05) is 28.9 Å². The Hall–Kier alpha value is -3.32. The molecule has 1 amide bonds. The Kier molecular flexibility index (Phi) is 4.29. The summed E-state index contributed by atoms with van der Waals surface area (Å²) in [5.74, 6) is -0.278. The van der Waals surface area contributed by atoms with E-state index in [2.05, 4.69) is 5.32 Å². The van der Waals surface area contributed by atoms with Crippen LogP contribution in [0.5, 0.6) is 0 Å². The molecule has 1 atom stereocenters. The van der Waals surface area contributed by atoms with E-state index in [0.717, 1.165) is 39.0 Å². The van der Waals surface area contributed by atoms with Crippen LogP contribution in [0.25, 0.3) is 22.3 Å². The second-order valence-electron chi connectivity index (χ2n) is 7.90. The first-order chi connectivity index (χ1) is 14.5. The lowest BCUT2D eigenvalue weighted by Crippen LogP contribution is -2.31. The van der Waals surface area contributed by atoms with Crippen molar-refractivity contribution in [3.63, 3.8) is 0 Å². The standard InChI is InChI=1S/C23H22N4O3/c1-2-13-15-9-19-22-12(11-27(19)23(30)14(15)6-7-20(13)28)8-16-17(25-21(29)10-24)4-3-5-18(16)26-22/h3-5,8-9,13H,2,6-7,10-11,24H2,1H3,(H,25,29)/t13-/m1/s1. The Labute approximate surface area is 172 Å². The molecule has 0 radical (unpaired) electrons. The maximum Gasteiger partial charge on any atom is 0.254 e. The fourth-order valence-corrected chi connectivity index (χ4v) is 4.73. The molecule has 3 aromatic rings. The van der Waals surface area contributed by atoms with Crippen LogP contribution in [-0.4, -0.2) is 27.8 Å². The Morgan fingerprint density at radius 2 is 2.10 bits per heavy atom. The number of carbonyl (C=O) groups is 2. The maximum absolute atomic E-state index is 13.2. The molecule has 0 spiro atoms. The zero-order valence-electron chi connectivity index (χ0n) is 16.7. The monoisotopic (exact) mass is 402 g/mol. The van der Waals surface area contributed by atoms with Crippen LogP contribution < -0.4 is 16.6 Å². The van der Waals surface area contributed by atoms with Gasteiger partial charge in [-0.25, -0.2) is 4.98 Å². The molecular weight excluding hydrogens is 380 g/mol. The number of nitrogens with zero attached hydrogens (tertiary/aromatic N) is 2. The number of hydrogen-bond acceptors (Lipinski definition) is 5. The fourth-order valence-electron chi connectivity index (χ4n) is 4.73. The van der Waals surface area contributed by atoms with Gasteiger partial charge in [0.25, 0.3) is 5.56 Å². The molecule has 0 bridgehead atoms. The number of fused-ring (bicyclic) bond motifs is 5. The molecule has 30 heavy (non-hydrogen) atoms. The Morgan fingerprint density at radius 3 is 2.87 bits per heavy atom. The Bertz CT molecular complexity index is 1290. The first-order valence-corrected chi connectivity index (χ1v) is 10.2. The predicted molar refractivity (Wildman–Crippen MR) is 115 cm³/mol. The van der Waals surface area contributed by atoms with Crippen LogP contribution in [-0.2, 0) is 22.6 Å². The van der Waals surface area contributed by atoms with Gasteiger partial charge < -0.3 is 15.6 Å². The maximum atomic E-state index is 13.2. The van der Waals surface area contributed by atoms with E-state index in [0.29, 0.717) is 31.5 Å². The van der Waals surface area contributed by atoms with Crippen LogP contribution in [0, 0.1) is 0 Å². The van der Waals surface area contributed by atoms with Crippen LogP contribution in [0.4, 0.5) is 5.69 Å². The van der Waals surface area contributed by atoms with Gasteiger partial charge in [-0.2, -0.15) is 0 Å². The molecule has 0 fully saturated rings. The number of rotatable bonds is 3. The van der Waals surface area contributed by atoms with E-state index in [-0.39, 0.29) is 29.7 Å². The van der Waals surface area contributed by atoms with Crippen molar-refractivity contribution in [2.45, 2.75) is 38.6 Å². The summed E-state index contributed by atoms with van der Waals surface area (Å²) in [6.45, 7) is 2.32. The van der Waals surface area contributed by atoms with Crippen LogP contribution in [0.3, 0.4) is 0 Å². The van der Waals surface area contributed by atoms with Gasteiger partial charge in [-0.15, -0.1) is 0 Å². The topological polar surface area (TPSA) is 107 Å². The first-order valence-electron chi connectivity index (χ1n) is 10.2. The zero-order chi connectivity index (χ0) is 21.0. The van der Waals surface area contributed by atoms with Gasteiger partial charge in [-0.1, -0.05) is 13.0 Å². The lowest BCUT2D eigenvalue weighted by Gasteiger charge is -2.24. The van der Waals surface area contributed by atoms with Gasteiger partial charge in [0.1, 0.15) is 5.78 Å². The summed E-state index contributed by atoms with van der Waals surface area (Å²) < 4.78 is 1.76. The fraction of sp³-hybridized carbons (Fsp3) is 0.304. The minimum atomic E-state index is -0.273. The highest BCUT2D eigenvalue weighted by Crippen LogP contribution is 2.38. The molecule has 7 nitrogen and oxygen atoms in total. The summed E-state index contributed by atoms with van der Waals surface area (Å²) in [4.78, 5) is 42.3. The lowest BCUT2D eigenvalue weighted by molar-refractivity contribution is -0.121. The molecule has 2 aliphatic rings. The minimum absolute atomic E-state index is 0.0211. The molecule has 1 aliphatic carbocycles. The zero-order valence-corrected chi connectivity index (χ0v) is 16.7. The summed E-state index contributed by atoms with van der Waals surface area (Å²) >= 11 is 0. The molecule has 0 saturated carbocycles. The van der Waals surface area contributed by atoms with Crippen molar-refractivity contribution in [2.24, 2.45) is 5.73 Å². The number of aromatic nitrogens is 2. The van der Waals surface area contributed by atoms with Crippen molar-refractivity contribution < 1.29 is 9.59 Å². The van der Waals surface area contributed by atoms with E-state index in [1.165, 1.54) is 0 Å². The summed E-state index contributed by atoms with van der Waals surface area (Å²) in [5.41, 5.74) is 10.9. The molecule has 152 valence electrons. The summed E-state index contributed by atoms with van der Waals surface area (Å²) in [6, 6.07) is 9.50. The molecule has 0 unspecified atom stereocenters. The molecule has 2 aromatic heterocycles. The van der Waals surface area contributed by atoms with E-state index in [9.17, 15) is 14.4 Å². The van der Waals surface area contributed by atoms with Crippen LogP contribution in [0.15, 0.2) is 35.1 Å². The van der Waals surface area contributed by atoms with E-state index in [1.807, 2.05) is 37.3 Å². The van der Waals surface area contributed by atoms with Crippen LogP contribution in [0.2, 0.25) is 0 Å². The average Bonchev–Trinajstić information content (AvgIpc) is 3.10. The molecule has 1 aliphatic heterocycles. The highest BCUT2D eigenvalue weighted by atomic mass is 16.2. The van der Waals surface area contributed by atoms with Crippen molar-refractivity contribution in [1.82, 2.24) is 9.55 Å². The largest absolute Gasteiger partial charge is 0.324 e. The van der Waals surface area contributed by atoms with Crippen molar-refractivity contribution in [2.75, 3.05) is 11.9 Å². The van der Waals surface area contributed by atoms with Crippen molar-refractivity contribution >= 4 is 28.3 Å². The summed E-state index contributed by atoms with van der Waals surface area (Å²) in [5, 5.41) is 3.62. The van der Waals surface area contributed by atoms with E-state index < -0.39 is 0 Å². The number of benzene rings is 1. The highest BCUT2D eigenvalue weighted by Gasteiger charge is 2.32. The van der Waals surface area contributed by atoms with Gasteiger partial charge in [-0.05, 0) is 42.7 Å². The number of Topliss-reactive ketones (excluding diaryl/α,β-unsaturated/α-hetero) is 1. The van der Waals surface area contributed by atoms with Gasteiger partial charge >= 0.3 is 0 Å². The van der Waals surface area contributed by atoms with Gasteiger partial charge in [-0.3, -0.25) is 14.4 Å². The first kappa shape index (κ1) is 18.7. The second-order valence-corrected chi connectivity index (χ2v) is 7.90. The number of carbonyl (C=O) groups excluding carboxylic acids is 2. The molecule has 0 saturated heterocycles. The van der Waals surface area contributed by atoms with Crippen molar-refractivity contribution in [3.05, 3.63) is 57.4 Å². The number of amides is 1. The van der Waals surface area contributed by atoms with Gasteiger partial charge in [0.2, 0.25) is 5.91 Å². The predicted octanol–water partition coefficient (Wildman–Crippen LogP) is 2.33. The molecule has 1 aromatic carbocycles. The summed E-state index contributed by atoms with van der Waals surface area (Å²) in [7, 11) is 0. The Morgan fingerprint density at radius 1 is 1.27 bits per heavy atom. The third kappa shape index (κ3) is 2.69. The van der Waals surface area contributed by atoms with Crippen molar-refractivity contribution in [1.29, 1.82) is 0 Å². The number of nitrogens with one attached hydrogen (secondary N) is 1. The molecule has 5 rings (SSSR count). The van der Waals surface area contributed by atoms with Gasteiger partial charge in [0.15, 0.2) is 0 Å². The average molecular weight is 402 g/mol. The third-order valence-corrected chi connectivity index (χ3v) is 6.20. The van der Waals surface area contributed by atoms with Crippen LogP contribution in [0.1, 0.15) is 42.4 Å². The van der Waals surface area contributed by atoms with E-state index in [4.69, 9.17) is 10.7 Å². The highest BCUT2D eigenvalue weighted by molar-refractivity contribution is 6.02. The Balaban J connectivity index is 1.69. The number of anilines is 1. The summed E-state index contributed by atoms with van der Waals surface area (Å²) in [6.07, 6.45) is 1.63. The smallest absolute Gasteiger partial charge is 0.254 e. The molecular formula is C23H22N4O3. The number of hydrogen-bond donors (Lipinski definition) is 2.